The van der Waals surface area contributed by atoms with Gasteiger partial charge in [0, 0.05) is 53.5 Å². The first-order valence-corrected chi connectivity index (χ1v) is 6.96. The molecule has 1 saturated heterocycles. The number of benzene rings is 1. The van der Waals surface area contributed by atoms with Gasteiger partial charge in [-0.15, -0.1) is 0 Å². The van der Waals surface area contributed by atoms with Gasteiger partial charge in [-0.25, -0.2) is 3.11 Å². The minimum atomic E-state index is 0.0862. The largest absolute Gasteiger partial charge is 0.351 e. The van der Waals surface area contributed by atoms with E-state index in [0.29, 0.717) is 0 Å². The minimum Gasteiger partial charge on any atom is -0.351 e. The van der Waals surface area contributed by atoms with Gasteiger partial charge in [-0.05, 0) is 24.5 Å². The topological polar surface area (TPSA) is 32.3 Å². The lowest BCUT2D eigenvalue weighted by atomic mass is 9.69. The summed E-state index contributed by atoms with van der Waals surface area (Å²) in [6.45, 7) is 3.00. The Morgan fingerprint density at radius 2 is 1.94 bits per heavy atom. The van der Waals surface area contributed by atoms with Crippen LogP contribution in [-0.2, 0) is 5.41 Å². The maximum absolute atomic E-state index is 11.9. The summed E-state index contributed by atoms with van der Waals surface area (Å²) in [6, 6.07) is 8.08. The highest BCUT2D eigenvalue weighted by molar-refractivity contribution is 14.1. The minimum absolute atomic E-state index is 0.0862. The molecule has 0 aliphatic carbocycles. The van der Waals surface area contributed by atoms with E-state index in [1.807, 2.05) is 12.1 Å². The standard InChI is InChI=1S/C13H15IN2O/c14-16-7-5-13(6-8-16)9-15-12(17)10-3-1-2-4-11(10)13/h1-4H,5-9H2,(H,15,17). The van der Waals surface area contributed by atoms with E-state index < -0.39 is 0 Å². The quantitative estimate of drug-likeness (QED) is 0.579. The van der Waals surface area contributed by atoms with Crippen LogP contribution in [0.15, 0.2) is 24.3 Å². The SMILES string of the molecule is O=C1NCC2(CCN(I)CC2)c2ccccc21. The highest BCUT2D eigenvalue weighted by Crippen LogP contribution is 2.39. The molecule has 1 aromatic rings. The normalized spacial score (nSPS) is 23.2. The molecule has 2 heterocycles. The summed E-state index contributed by atoms with van der Waals surface area (Å²) >= 11 is 2.39. The van der Waals surface area contributed by atoms with Crippen molar-refractivity contribution >= 4 is 28.8 Å². The first kappa shape index (κ1) is 11.5. The molecule has 1 fully saturated rings. The van der Waals surface area contributed by atoms with Crippen molar-refractivity contribution < 1.29 is 4.79 Å². The summed E-state index contributed by atoms with van der Waals surface area (Å²) in [5.74, 6) is 0.0862. The second-order valence-electron chi connectivity index (χ2n) is 4.92. The molecule has 2 aliphatic rings. The number of nitrogens with zero attached hydrogens (tertiary/aromatic N) is 1. The summed E-state index contributed by atoms with van der Waals surface area (Å²) < 4.78 is 2.34. The third-order valence-electron chi connectivity index (χ3n) is 4.00. The summed E-state index contributed by atoms with van der Waals surface area (Å²) in [4.78, 5) is 11.9. The van der Waals surface area contributed by atoms with Crippen LogP contribution in [-0.4, -0.2) is 28.7 Å². The first-order chi connectivity index (χ1) is 8.21. The molecule has 0 unspecified atom stereocenters. The van der Waals surface area contributed by atoms with Gasteiger partial charge in [-0.3, -0.25) is 4.79 Å². The zero-order valence-corrected chi connectivity index (χ0v) is 11.7. The molecule has 4 heteroatoms. The highest BCUT2D eigenvalue weighted by atomic mass is 127. The van der Waals surface area contributed by atoms with Crippen LogP contribution < -0.4 is 5.32 Å². The average Bonchev–Trinajstić information content (AvgIpc) is 2.38. The second kappa shape index (κ2) is 4.24. The lowest BCUT2D eigenvalue weighted by Gasteiger charge is -2.43. The Hall–Kier alpha value is -0.620. The zero-order chi connectivity index (χ0) is 11.9. The van der Waals surface area contributed by atoms with E-state index >= 15 is 0 Å². The Kier molecular flexibility index (Phi) is 2.86. The smallest absolute Gasteiger partial charge is 0.251 e. The Morgan fingerprint density at radius 1 is 1.24 bits per heavy atom. The van der Waals surface area contributed by atoms with E-state index in [4.69, 9.17) is 0 Å². The van der Waals surface area contributed by atoms with E-state index in [1.54, 1.807) is 0 Å². The summed E-state index contributed by atoms with van der Waals surface area (Å²) in [6.07, 6.45) is 2.26. The lowest BCUT2D eigenvalue weighted by molar-refractivity contribution is 0.0909. The van der Waals surface area contributed by atoms with Crippen molar-refractivity contribution in [2.75, 3.05) is 19.6 Å². The van der Waals surface area contributed by atoms with Gasteiger partial charge in [0.1, 0.15) is 0 Å². The Balaban J connectivity index is 2.03. The van der Waals surface area contributed by atoms with Crippen LogP contribution in [0.25, 0.3) is 0 Å². The van der Waals surface area contributed by atoms with Gasteiger partial charge < -0.3 is 5.32 Å². The van der Waals surface area contributed by atoms with E-state index in [2.05, 4.69) is 43.4 Å². The number of amides is 1. The fourth-order valence-electron chi connectivity index (χ4n) is 2.94. The molecule has 0 saturated carbocycles. The fourth-order valence-corrected chi connectivity index (χ4v) is 3.42. The van der Waals surface area contributed by atoms with Crippen molar-refractivity contribution in [3.8, 4) is 0 Å². The number of fused-ring (bicyclic) bond motifs is 2. The van der Waals surface area contributed by atoms with E-state index in [1.165, 1.54) is 5.56 Å². The third-order valence-corrected chi connectivity index (χ3v) is 4.96. The van der Waals surface area contributed by atoms with Crippen molar-refractivity contribution in [2.24, 2.45) is 0 Å². The third kappa shape index (κ3) is 1.87. The number of carbonyl (C=O) groups excluding carboxylic acids is 1. The zero-order valence-electron chi connectivity index (χ0n) is 9.58. The molecule has 2 aliphatic heterocycles. The van der Waals surface area contributed by atoms with Crippen molar-refractivity contribution in [1.29, 1.82) is 0 Å². The van der Waals surface area contributed by atoms with Crippen LogP contribution in [0.5, 0.6) is 0 Å². The summed E-state index contributed by atoms with van der Waals surface area (Å²) in [5, 5.41) is 3.05. The summed E-state index contributed by atoms with van der Waals surface area (Å²) in [5.41, 5.74) is 2.31. The van der Waals surface area contributed by atoms with Gasteiger partial charge in [0.05, 0.1) is 0 Å². The number of hydrogen-bond acceptors (Lipinski definition) is 2. The molecule has 3 nitrogen and oxygen atoms in total. The van der Waals surface area contributed by atoms with Gasteiger partial charge in [0.15, 0.2) is 0 Å². The number of nitrogens with one attached hydrogen (secondary N) is 1. The van der Waals surface area contributed by atoms with Crippen LogP contribution in [0.1, 0.15) is 28.8 Å². The van der Waals surface area contributed by atoms with Gasteiger partial charge in [-0.1, -0.05) is 18.2 Å². The van der Waals surface area contributed by atoms with Crippen molar-refractivity contribution in [3.63, 3.8) is 0 Å². The summed E-state index contributed by atoms with van der Waals surface area (Å²) in [7, 11) is 0. The number of piperidine rings is 1. The molecular weight excluding hydrogens is 327 g/mol. The molecule has 0 atom stereocenters. The Morgan fingerprint density at radius 3 is 2.71 bits per heavy atom. The molecule has 1 spiro atoms. The maximum Gasteiger partial charge on any atom is 0.251 e. The number of hydrogen-bond donors (Lipinski definition) is 1. The van der Waals surface area contributed by atoms with Gasteiger partial charge in [0.2, 0.25) is 0 Å². The molecule has 1 amide bonds. The molecular formula is C13H15IN2O. The molecule has 1 aromatic carbocycles. The predicted octanol–water partition coefficient (Wildman–Crippen LogP) is 2.11. The first-order valence-electron chi connectivity index (χ1n) is 6.00. The van der Waals surface area contributed by atoms with Crippen molar-refractivity contribution in [2.45, 2.75) is 18.3 Å². The molecule has 0 radical (unpaired) electrons. The maximum atomic E-state index is 11.9. The second-order valence-corrected chi connectivity index (χ2v) is 6.28. The van der Waals surface area contributed by atoms with Gasteiger partial charge >= 0.3 is 0 Å². The molecule has 3 rings (SSSR count). The average molecular weight is 342 g/mol. The Bertz CT molecular complexity index is 452. The molecule has 17 heavy (non-hydrogen) atoms. The van der Waals surface area contributed by atoms with Gasteiger partial charge in [-0.2, -0.15) is 0 Å². The van der Waals surface area contributed by atoms with E-state index in [9.17, 15) is 4.79 Å². The van der Waals surface area contributed by atoms with Crippen molar-refractivity contribution in [1.82, 2.24) is 8.43 Å². The molecule has 0 aromatic heterocycles. The highest BCUT2D eigenvalue weighted by Gasteiger charge is 2.41. The van der Waals surface area contributed by atoms with E-state index in [-0.39, 0.29) is 11.3 Å². The van der Waals surface area contributed by atoms with Crippen LogP contribution >= 0.6 is 22.9 Å². The van der Waals surface area contributed by atoms with Crippen molar-refractivity contribution in [3.05, 3.63) is 35.4 Å². The van der Waals surface area contributed by atoms with Crippen LogP contribution in [0.4, 0.5) is 0 Å². The number of carbonyl (C=O) groups is 1. The predicted molar refractivity (Wildman–Crippen MR) is 75.3 cm³/mol. The molecule has 1 N–H and O–H groups in total. The molecule has 0 bridgehead atoms. The van der Waals surface area contributed by atoms with Crippen LogP contribution in [0.2, 0.25) is 0 Å². The number of rotatable bonds is 0. The Labute approximate surface area is 115 Å². The lowest BCUT2D eigenvalue weighted by Crippen LogP contribution is -2.51. The number of halogens is 1. The van der Waals surface area contributed by atoms with Crippen LogP contribution in [0.3, 0.4) is 0 Å². The fraction of sp³-hybridized carbons (Fsp3) is 0.462. The van der Waals surface area contributed by atoms with Crippen LogP contribution in [0, 0.1) is 0 Å². The van der Waals surface area contributed by atoms with E-state index in [0.717, 1.165) is 38.0 Å². The van der Waals surface area contributed by atoms with Gasteiger partial charge in [0.25, 0.3) is 5.91 Å². The molecule has 90 valence electrons. The monoisotopic (exact) mass is 342 g/mol.